The molecule has 0 aromatic carbocycles. The summed E-state index contributed by atoms with van der Waals surface area (Å²) >= 11 is 5.61. The van der Waals surface area contributed by atoms with Crippen LogP contribution in [0.5, 0.6) is 0 Å². The highest BCUT2D eigenvalue weighted by Crippen LogP contribution is 2.14. The Hall–Kier alpha value is -0.490. The van der Waals surface area contributed by atoms with Crippen molar-refractivity contribution in [1.29, 1.82) is 0 Å². The topological polar surface area (TPSA) is 29.5 Å². The second-order valence-corrected chi connectivity index (χ2v) is 3.91. The number of carbonyl (C=O) groups is 1. The lowest BCUT2D eigenvalue weighted by atomic mass is 10.4. The van der Waals surface area contributed by atoms with E-state index in [1.807, 2.05) is 0 Å². The number of ether oxygens (including phenoxy) is 1. The van der Waals surface area contributed by atoms with Crippen LogP contribution in [0.2, 0.25) is 0 Å². The summed E-state index contributed by atoms with van der Waals surface area (Å²) < 4.78 is 39.1. The second kappa shape index (κ2) is 6.17. The summed E-state index contributed by atoms with van der Waals surface area (Å²) in [6.45, 7) is -0.0414. The van der Waals surface area contributed by atoms with Gasteiger partial charge in [0, 0.05) is 19.0 Å². The molecule has 0 fully saturated rings. The third kappa shape index (κ3) is 8.50. The molecule has 1 atom stereocenters. The summed E-state index contributed by atoms with van der Waals surface area (Å²) in [5.41, 5.74) is 0. The lowest BCUT2D eigenvalue weighted by Gasteiger charge is -2.18. The van der Waals surface area contributed by atoms with Crippen LogP contribution in [0.3, 0.4) is 0 Å². The number of carbonyl (C=O) groups excluding carboxylic acids is 1. The van der Waals surface area contributed by atoms with Gasteiger partial charge in [0.25, 0.3) is 0 Å². The summed E-state index contributed by atoms with van der Waals surface area (Å²) in [6.07, 6.45) is -4.40. The number of likely N-dealkylation sites (N-methyl/N-ethyl adjacent to an activating group) is 1. The van der Waals surface area contributed by atoms with Gasteiger partial charge in [-0.1, -0.05) is 0 Å². The number of alkyl halides is 4. The predicted molar refractivity (Wildman–Crippen MR) is 49.8 cm³/mol. The molecular weight excluding hydrogens is 235 g/mol. The Kier molecular flexibility index (Phi) is 5.97. The average Bonchev–Trinajstić information content (AvgIpc) is 2.00. The maximum atomic E-state index is 11.6. The van der Waals surface area contributed by atoms with Crippen LogP contribution in [0.15, 0.2) is 0 Å². The summed E-state index contributed by atoms with van der Waals surface area (Å²) in [4.78, 5) is 12.4. The van der Waals surface area contributed by atoms with Crippen LogP contribution in [-0.2, 0) is 9.53 Å². The van der Waals surface area contributed by atoms with Gasteiger partial charge >= 0.3 is 6.18 Å². The Morgan fingerprint density at radius 1 is 1.53 bits per heavy atom. The molecule has 0 aliphatic carbocycles. The van der Waals surface area contributed by atoms with Crippen LogP contribution in [-0.4, -0.2) is 49.2 Å². The van der Waals surface area contributed by atoms with Gasteiger partial charge in [0.2, 0.25) is 5.91 Å². The number of rotatable bonds is 5. The zero-order chi connectivity index (χ0) is 12.1. The van der Waals surface area contributed by atoms with Crippen molar-refractivity contribution in [2.24, 2.45) is 0 Å². The average molecular weight is 248 g/mol. The van der Waals surface area contributed by atoms with Crippen molar-refractivity contribution in [3.8, 4) is 0 Å². The minimum atomic E-state index is -4.40. The van der Waals surface area contributed by atoms with Crippen LogP contribution >= 0.6 is 11.6 Å². The standard InChI is InChI=1S/C8H13ClF3NO2/c1-6(9)3-13(2)7(14)4-15-5-8(10,11)12/h6H,3-5H2,1-2H3. The molecule has 3 nitrogen and oxygen atoms in total. The molecule has 0 N–H and O–H groups in total. The molecule has 0 aromatic heterocycles. The van der Waals surface area contributed by atoms with E-state index in [0.29, 0.717) is 0 Å². The molecule has 0 aromatic rings. The van der Waals surface area contributed by atoms with Gasteiger partial charge in [-0.25, -0.2) is 0 Å². The molecule has 0 bridgehead atoms. The molecular formula is C8H13ClF3NO2. The van der Waals surface area contributed by atoms with E-state index >= 15 is 0 Å². The van der Waals surface area contributed by atoms with Gasteiger partial charge in [-0.15, -0.1) is 11.6 Å². The molecule has 15 heavy (non-hydrogen) atoms. The van der Waals surface area contributed by atoms with E-state index in [2.05, 4.69) is 4.74 Å². The van der Waals surface area contributed by atoms with E-state index in [1.165, 1.54) is 11.9 Å². The molecule has 0 aliphatic rings. The van der Waals surface area contributed by atoms with Gasteiger partial charge in [0.1, 0.15) is 13.2 Å². The fraction of sp³-hybridized carbons (Fsp3) is 0.875. The molecule has 0 rings (SSSR count). The Labute approximate surface area is 91.1 Å². The predicted octanol–water partition coefficient (Wildman–Crippen LogP) is 1.65. The highest BCUT2D eigenvalue weighted by molar-refractivity contribution is 6.20. The molecule has 0 saturated carbocycles. The Balaban J connectivity index is 3.74. The van der Waals surface area contributed by atoms with Gasteiger partial charge in [0.15, 0.2) is 0 Å². The van der Waals surface area contributed by atoms with E-state index < -0.39 is 25.3 Å². The molecule has 0 heterocycles. The molecule has 0 spiro atoms. The summed E-state index contributed by atoms with van der Waals surface area (Å²) in [7, 11) is 1.46. The summed E-state index contributed by atoms with van der Waals surface area (Å²) in [5, 5.41) is -0.249. The number of halogens is 4. The van der Waals surface area contributed by atoms with E-state index in [0.717, 1.165) is 0 Å². The van der Waals surface area contributed by atoms with Crippen LogP contribution in [0.1, 0.15) is 6.92 Å². The molecule has 0 aliphatic heterocycles. The minimum Gasteiger partial charge on any atom is -0.362 e. The normalized spacial score (nSPS) is 13.7. The van der Waals surface area contributed by atoms with Gasteiger partial charge in [-0.2, -0.15) is 13.2 Å². The largest absolute Gasteiger partial charge is 0.411 e. The van der Waals surface area contributed by atoms with Crippen LogP contribution in [0.4, 0.5) is 13.2 Å². The van der Waals surface area contributed by atoms with E-state index in [-0.39, 0.29) is 11.9 Å². The Morgan fingerprint density at radius 2 is 2.07 bits per heavy atom. The lowest BCUT2D eigenvalue weighted by molar-refractivity contribution is -0.177. The van der Waals surface area contributed by atoms with Crippen molar-refractivity contribution in [1.82, 2.24) is 4.90 Å². The molecule has 7 heteroatoms. The van der Waals surface area contributed by atoms with Crippen molar-refractivity contribution in [2.75, 3.05) is 26.8 Å². The van der Waals surface area contributed by atoms with Crippen molar-refractivity contribution < 1.29 is 22.7 Å². The fourth-order valence-electron chi connectivity index (χ4n) is 0.843. The summed E-state index contributed by atoms with van der Waals surface area (Å²) in [6, 6.07) is 0. The monoisotopic (exact) mass is 247 g/mol. The first-order valence-corrected chi connectivity index (χ1v) is 4.68. The van der Waals surface area contributed by atoms with Gasteiger partial charge in [0.05, 0.1) is 0 Å². The minimum absolute atomic E-state index is 0.249. The third-order valence-corrected chi connectivity index (χ3v) is 1.58. The summed E-state index contributed by atoms with van der Waals surface area (Å²) in [5.74, 6) is -0.522. The zero-order valence-electron chi connectivity index (χ0n) is 8.47. The lowest BCUT2D eigenvalue weighted by Crippen LogP contribution is -2.35. The molecule has 1 unspecified atom stereocenters. The molecule has 90 valence electrons. The third-order valence-electron chi connectivity index (χ3n) is 1.44. The highest BCUT2D eigenvalue weighted by atomic mass is 35.5. The fourth-order valence-corrected chi connectivity index (χ4v) is 1.05. The number of hydrogen-bond acceptors (Lipinski definition) is 2. The zero-order valence-corrected chi connectivity index (χ0v) is 9.23. The Morgan fingerprint density at radius 3 is 2.47 bits per heavy atom. The van der Waals surface area contributed by atoms with Crippen LogP contribution < -0.4 is 0 Å². The van der Waals surface area contributed by atoms with Gasteiger partial charge in [-0.3, -0.25) is 4.79 Å². The Bertz CT molecular complexity index is 209. The van der Waals surface area contributed by atoms with Crippen LogP contribution in [0, 0.1) is 0 Å². The first-order chi connectivity index (χ1) is 6.72. The van der Waals surface area contributed by atoms with Gasteiger partial charge < -0.3 is 9.64 Å². The maximum absolute atomic E-state index is 11.6. The first kappa shape index (κ1) is 14.5. The number of nitrogens with zero attached hydrogens (tertiary/aromatic N) is 1. The molecule has 1 amide bonds. The van der Waals surface area contributed by atoms with E-state index in [4.69, 9.17) is 11.6 Å². The van der Waals surface area contributed by atoms with Crippen molar-refractivity contribution >= 4 is 17.5 Å². The first-order valence-electron chi connectivity index (χ1n) is 4.25. The van der Waals surface area contributed by atoms with E-state index in [9.17, 15) is 18.0 Å². The van der Waals surface area contributed by atoms with Crippen LogP contribution in [0.25, 0.3) is 0 Å². The smallest absolute Gasteiger partial charge is 0.362 e. The van der Waals surface area contributed by atoms with Crippen molar-refractivity contribution in [3.05, 3.63) is 0 Å². The van der Waals surface area contributed by atoms with Gasteiger partial charge in [-0.05, 0) is 6.92 Å². The second-order valence-electron chi connectivity index (χ2n) is 3.16. The number of hydrogen-bond donors (Lipinski definition) is 0. The van der Waals surface area contributed by atoms with Crippen molar-refractivity contribution in [2.45, 2.75) is 18.5 Å². The van der Waals surface area contributed by atoms with Crippen molar-refractivity contribution in [3.63, 3.8) is 0 Å². The molecule has 0 saturated heterocycles. The quantitative estimate of drug-likeness (QED) is 0.692. The maximum Gasteiger partial charge on any atom is 0.411 e. The number of amides is 1. The molecule has 0 radical (unpaired) electrons. The van der Waals surface area contributed by atoms with E-state index in [1.54, 1.807) is 6.92 Å². The highest BCUT2D eigenvalue weighted by Gasteiger charge is 2.28. The SMILES string of the molecule is CC(Cl)CN(C)C(=O)COCC(F)(F)F.